The normalized spacial score (nSPS) is 8.75. The van der Waals surface area contributed by atoms with Gasteiger partial charge in [0.05, 0.1) is 6.61 Å². The van der Waals surface area contributed by atoms with Gasteiger partial charge in [-0.15, -0.1) is 11.6 Å². The summed E-state index contributed by atoms with van der Waals surface area (Å²) in [6.45, 7) is 1.83. The Hall–Kier alpha value is -0.240. The van der Waals surface area contributed by atoms with Gasteiger partial charge in [0.2, 0.25) is 0 Å². The van der Waals surface area contributed by atoms with Crippen molar-refractivity contribution < 1.29 is 9.53 Å². The molecule has 0 saturated carbocycles. The van der Waals surface area contributed by atoms with E-state index in [0.717, 1.165) is 6.42 Å². The Morgan fingerprint density at radius 3 is 2.75 bits per heavy atom. The summed E-state index contributed by atoms with van der Waals surface area (Å²) in [7, 11) is 0. The number of esters is 1. The third-order valence-electron chi connectivity index (χ3n) is 0.583. The molecule has 0 unspecified atom stereocenters. The van der Waals surface area contributed by atoms with Crippen LogP contribution in [0.15, 0.2) is 0 Å². The van der Waals surface area contributed by atoms with Crippen molar-refractivity contribution in [2.45, 2.75) is 13.3 Å². The molecule has 8 heavy (non-hydrogen) atoms. The minimum atomic E-state index is -0.241. The predicted molar refractivity (Wildman–Crippen MR) is 32.0 cm³/mol. The van der Waals surface area contributed by atoms with Gasteiger partial charge in [-0.1, -0.05) is 0 Å². The molecule has 0 spiro atoms. The number of carbonyl (C=O) groups is 1. The van der Waals surface area contributed by atoms with E-state index in [-0.39, 0.29) is 5.97 Å². The molecule has 0 fully saturated rings. The van der Waals surface area contributed by atoms with E-state index in [1.165, 1.54) is 6.92 Å². The largest absolute Gasteiger partial charge is 0.466 e. The summed E-state index contributed by atoms with van der Waals surface area (Å²) in [5, 5.41) is 0. The van der Waals surface area contributed by atoms with Crippen LogP contribution in [0.3, 0.4) is 0 Å². The lowest BCUT2D eigenvalue weighted by molar-refractivity contribution is -0.140. The van der Waals surface area contributed by atoms with Crippen LogP contribution in [0.2, 0.25) is 0 Å². The van der Waals surface area contributed by atoms with Gasteiger partial charge in [0.1, 0.15) is 0 Å². The summed E-state index contributed by atoms with van der Waals surface area (Å²) in [4.78, 5) is 10.1. The van der Waals surface area contributed by atoms with Crippen molar-refractivity contribution in [3.63, 3.8) is 0 Å². The van der Waals surface area contributed by atoms with Crippen LogP contribution in [0.5, 0.6) is 0 Å². The SMILES string of the molecule is CC(=O)OCCCCl. The molecule has 0 aromatic carbocycles. The van der Waals surface area contributed by atoms with E-state index in [9.17, 15) is 4.79 Å². The maximum absolute atomic E-state index is 10.1. The maximum atomic E-state index is 10.1. The predicted octanol–water partition coefficient (Wildman–Crippen LogP) is 1.18. The molecule has 0 aliphatic heterocycles. The van der Waals surface area contributed by atoms with Gasteiger partial charge < -0.3 is 4.74 Å². The molecule has 0 heterocycles. The minimum absolute atomic E-state index is 0.241. The number of rotatable bonds is 3. The van der Waals surface area contributed by atoms with Gasteiger partial charge in [0.15, 0.2) is 0 Å². The molecule has 0 rings (SSSR count). The van der Waals surface area contributed by atoms with E-state index in [1.807, 2.05) is 0 Å². The van der Waals surface area contributed by atoms with Gasteiger partial charge in [0.25, 0.3) is 0 Å². The smallest absolute Gasteiger partial charge is 0.302 e. The number of alkyl halides is 1. The van der Waals surface area contributed by atoms with Crippen LogP contribution in [0.1, 0.15) is 13.3 Å². The Morgan fingerprint density at radius 2 is 2.38 bits per heavy atom. The summed E-state index contributed by atoms with van der Waals surface area (Å²) in [6, 6.07) is 0. The monoisotopic (exact) mass is 136 g/mol. The number of hydrogen-bond acceptors (Lipinski definition) is 2. The molecule has 0 amide bonds. The van der Waals surface area contributed by atoms with Crippen LogP contribution >= 0.6 is 11.6 Å². The zero-order valence-electron chi connectivity index (χ0n) is 4.82. The summed E-state index contributed by atoms with van der Waals surface area (Å²) in [5.41, 5.74) is 0. The molecule has 48 valence electrons. The number of ether oxygens (including phenoxy) is 1. The molecule has 0 N–H and O–H groups in total. The fourth-order valence-corrected chi connectivity index (χ4v) is 0.380. The van der Waals surface area contributed by atoms with Crippen molar-refractivity contribution in [1.82, 2.24) is 0 Å². The lowest BCUT2D eigenvalue weighted by Gasteiger charge is -1.95. The van der Waals surface area contributed by atoms with Crippen molar-refractivity contribution in [3.05, 3.63) is 0 Å². The number of halogens is 1. The third-order valence-corrected chi connectivity index (χ3v) is 0.851. The average Bonchev–Trinajstić information content (AvgIpc) is 1.66. The Bertz CT molecular complexity index is 72.8. The molecular weight excluding hydrogens is 128 g/mol. The summed E-state index contributed by atoms with van der Waals surface area (Å²) < 4.78 is 4.56. The van der Waals surface area contributed by atoms with E-state index in [4.69, 9.17) is 11.6 Å². The van der Waals surface area contributed by atoms with E-state index >= 15 is 0 Å². The van der Waals surface area contributed by atoms with Crippen LogP contribution in [-0.4, -0.2) is 18.5 Å². The quantitative estimate of drug-likeness (QED) is 0.331. The summed E-state index contributed by atoms with van der Waals surface area (Å²) in [6.07, 6.45) is 0.737. The molecular formula is C5H9ClO2. The van der Waals surface area contributed by atoms with Crippen LogP contribution in [0.4, 0.5) is 0 Å². The van der Waals surface area contributed by atoms with E-state index in [2.05, 4.69) is 4.74 Å². The van der Waals surface area contributed by atoms with Gasteiger partial charge in [-0.25, -0.2) is 0 Å². The van der Waals surface area contributed by atoms with E-state index in [1.54, 1.807) is 0 Å². The van der Waals surface area contributed by atoms with Crippen LogP contribution < -0.4 is 0 Å². The Labute approximate surface area is 53.8 Å². The fraction of sp³-hybridized carbons (Fsp3) is 0.800. The molecule has 3 heteroatoms. The first-order chi connectivity index (χ1) is 3.77. The van der Waals surface area contributed by atoms with Crippen LogP contribution in [0.25, 0.3) is 0 Å². The third kappa shape index (κ3) is 5.76. The highest BCUT2D eigenvalue weighted by Crippen LogP contribution is 1.85. The van der Waals surface area contributed by atoms with Crippen molar-refractivity contribution in [3.8, 4) is 0 Å². The van der Waals surface area contributed by atoms with Crippen molar-refractivity contribution >= 4 is 17.6 Å². The van der Waals surface area contributed by atoms with E-state index < -0.39 is 0 Å². The molecule has 0 aromatic heterocycles. The highest BCUT2D eigenvalue weighted by Gasteiger charge is 1.88. The second kappa shape index (κ2) is 4.91. The van der Waals surface area contributed by atoms with Gasteiger partial charge in [0, 0.05) is 12.8 Å². The van der Waals surface area contributed by atoms with Crippen LogP contribution in [0, 0.1) is 0 Å². The second-order valence-corrected chi connectivity index (χ2v) is 1.76. The minimum Gasteiger partial charge on any atom is -0.466 e. The van der Waals surface area contributed by atoms with Gasteiger partial charge in [-0.05, 0) is 6.42 Å². The highest BCUT2D eigenvalue weighted by molar-refractivity contribution is 6.17. The topological polar surface area (TPSA) is 26.3 Å². The lowest BCUT2D eigenvalue weighted by atomic mass is 10.5. The molecule has 2 nitrogen and oxygen atoms in total. The highest BCUT2D eigenvalue weighted by atomic mass is 35.5. The molecule has 0 saturated heterocycles. The first-order valence-electron chi connectivity index (χ1n) is 2.46. The standard InChI is InChI=1S/C5H9ClO2/c1-5(7)8-4-2-3-6/h2-4H2,1H3. The van der Waals surface area contributed by atoms with E-state index in [0.29, 0.717) is 12.5 Å². The molecule has 0 atom stereocenters. The Morgan fingerprint density at radius 1 is 1.75 bits per heavy atom. The van der Waals surface area contributed by atoms with Crippen LogP contribution in [-0.2, 0) is 9.53 Å². The molecule has 0 radical (unpaired) electrons. The van der Waals surface area contributed by atoms with Crippen molar-refractivity contribution in [2.75, 3.05) is 12.5 Å². The first-order valence-corrected chi connectivity index (χ1v) is 3.00. The van der Waals surface area contributed by atoms with Gasteiger partial charge in [-0.2, -0.15) is 0 Å². The van der Waals surface area contributed by atoms with Crippen molar-refractivity contribution in [2.24, 2.45) is 0 Å². The Balaban J connectivity index is 2.82. The fourth-order valence-electron chi connectivity index (χ4n) is 0.270. The van der Waals surface area contributed by atoms with Gasteiger partial charge >= 0.3 is 5.97 Å². The maximum Gasteiger partial charge on any atom is 0.302 e. The summed E-state index contributed by atoms with van der Waals surface area (Å²) in [5.74, 6) is 0.308. The molecule has 0 bridgehead atoms. The number of hydrogen-bond donors (Lipinski definition) is 0. The summed E-state index contributed by atoms with van der Waals surface area (Å²) >= 11 is 5.29. The molecule has 0 aliphatic carbocycles. The molecule has 0 aliphatic rings. The average molecular weight is 137 g/mol. The second-order valence-electron chi connectivity index (χ2n) is 1.38. The zero-order chi connectivity index (χ0) is 6.41. The van der Waals surface area contributed by atoms with Crippen molar-refractivity contribution in [1.29, 1.82) is 0 Å². The van der Waals surface area contributed by atoms with Gasteiger partial charge in [-0.3, -0.25) is 4.79 Å². The molecule has 0 aromatic rings. The Kier molecular flexibility index (Phi) is 4.76. The first kappa shape index (κ1) is 7.76. The number of carbonyl (C=O) groups excluding carboxylic acids is 1. The zero-order valence-corrected chi connectivity index (χ0v) is 5.57. The lowest BCUT2D eigenvalue weighted by Crippen LogP contribution is -2.00.